The Labute approximate surface area is 120 Å². The molecule has 112 valence electrons. The maximum Gasteiger partial charge on any atom is 0.243 e. The third-order valence-corrected chi connectivity index (χ3v) is 5.51. The first-order chi connectivity index (χ1) is 9.48. The molecule has 2 N–H and O–H groups in total. The van der Waals surface area contributed by atoms with Gasteiger partial charge < -0.3 is 10.5 Å². The normalized spacial score (nSPS) is 15.6. The van der Waals surface area contributed by atoms with E-state index in [0.29, 0.717) is 36.1 Å². The molecular formula is C14H22N2O3S. The van der Waals surface area contributed by atoms with E-state index in [4.69, 9.17) is 10.5 Å². The average molecular weight is 298 g/mol. The molecule has 1 fully saturated rings. The van der Waals surface area contributed by atoms with Gasteiger partial charge in [-0.15, -0.1) is 0 Å². The summed E-state index contributed by atoms with van der Waals surface area (Å²) >= 11 is 0. The van der Waals surface area contributed by atoms with Gasteiger partial charge in [0.1, 0.15) is 5.75 Å². The van der Waals surface area contributed by atoms with Crippen LogP contribution in [-0.2, 0) is 16.4 Å². The highest BCUT2D eigenvalue weighted by molar-refractivity contribution is 7.89. The first kappa shape index (κ1) is 15.3. The summed E-state index contributed by atoms with van der Waals surface area (Å²) in [7, 11) is -0.242. The Hall–Kier alpha value is -1.11. The van der Waals surface area contributed by atoms with Crippen LogP contribution >= 0.6 is 0 Å². The number of methoxy groups -OCH3 is 1. The lowest BCUT2D eigenvalue weighted by Crippen LogP contribution is -2.30. The number of nitrogens with zero attached hydrogens (tertiary/aromatic N) is 1. The van der Waals surface area contributed by atoms with Crippen LogP contribution in [0.2, 0.25) is 0 Å². The zero-order chi connectivity index (χ0) is 14.8. The van der Waals surface area contributed by atoms with E-state index in [1.807, 2.05) is 0 Å². The Morgan fingerprint density at radius 1 is 1.40 bits per heavy atom. The van der Waals surface area contributed by atoms with Gasteiger partial charge in [-0.3, -0.25) is 0 Å². The van der Waals surface area contributed by atoms with Crippen molar-refractivity contribution in [3.63, 3.8) is 0 Å². The van der Waals surface area contributed by atoms with Crippen LogP contribution in [0.4, 0.5) is 0 Å². The molecule has 0 saturated heterocycles. The van der Waals surface area contributed by atoms with E-state index in [1.54, 1.807) is 32.4 Å². The fourth-order valence-corrected chi connectivity index (χ4v) is 3.69. The highest BCUT2D eigenvalue weighted by Crippen LogP contribution is 2.32. The van der Waals surface area contributed by atoms with Crippen molar-refractivity contribution >= 4 is 10.0 Å². The summed E-state index contributed by atoms with van der Waals surface area (Å²) in [6.07, 6.45) is 2.76. The van der Waals surface area contributed by atoms with E-state index in [9.17, 15) is 8.42 Å². The van der Waals surface area contributed by atoms with Gasteiger partial charge in [0.05, 0.1) is 12.0 Å². The third kappa shape index (κ3) is 3.31. The van der Waals surface area contributed by atoms with Gasteiger partial charge in [0, 0.05) is 13.6 Å². The highest BCUT2D eigenvalue weighted by atomic mass is 32.2. The number of sulfonamides is 1. The first-order valence-corrected chi connectivity index (χ1v) is 8.26. The number of ether oxygens (including phenoxy) is 1. The molecule has 0 aromatic heterocycles. The smallest absolute Gasteiger partial charge is 0.243 e. The predicted octanol–water partition coefficient (Wildman–Crippen LogP) is 1.23. The summed E-state index contributed by atoms with van der Waals surface area (Å²) < 4.78 is 31.9. The van der Waals surface area contributed by atoms with Crippen molar-refractivity contribution in [2.45, 2.75) is 24.2 Å². The van der Waals surface area contributed by atoms with Gasteiger partial charge >= 0.3 is 0 Å². The minimum Gasteiger partial charge on any atom is -0.497 e. The monoisotopic (exact) mass is 298 g/mol. The molecule has 0 atom stereocenters. The van der Waals surface area contributed by atoms with Crippen molar-refractivity contribution in [1.82, 2.24) is 4.31 Å². The van der Waals surface area contributed by atoms with Crippen LogP contribution in [0.3, 0.4) is 0 Å². The Kier molecular flexibility index (Phi) is 4.67. The number of rotatable bonds is 7. The summed E-state index contributed by atoms with van der Waals surface area (Å²) in [5.74, 6) is 1.17. The molecule has 1 aliphatic rings. The van der Waals surface area contributed by atoms with Crippen molar-refractivity contribution in [1.29, 1.82) is 0 Å². The SMILES string of the molecule is COc1ccc(S(=O)(=O)N(C)CC2CC2)c(CCN)c1. The molecule has 2 rings (SSSR count). The minimum atomic E-state index is -3.45. The summed E-state index contributed by atoms with van der Waals surface area (Å²) in [6, 6.07) is 5.05. The molecule has 1 aliphatic carbocycles. The summed E-state index contributed by atoms with van der Waals surface area (Å²) in [6.45, 7) is 0.998. The fourth-order valence-electron chi connectivity index (χ4n) is 2.22. The molecule has 5 nitrogen and oxygen atoms in total. The molecule has 0 bridgehead atoms. The summed E-state index contributed by atoms with van der Waals surface area (Å²) in [5, 5.41) is 0. The fraction of sp³-hybridized carbons (Fsp3) is 0.571. The van der Waals surface area contributed by atoms with Crippen molar-refractivity contribution < 1.29 is 13.2 Å². The number of benzene rings is 1. The average Bonchev–Trinajstić information content (AvgIpc) is 3.22. The second-order valence-electron chi connectivity index (χ2n) is 5.24. The first-order valence-electron chi connectivity index (χ1n) is 6.82. The Morgan fingerprint density at radius 2 is 2.10 bits per heavy atom. The lowest BCUT2D eigenvalue weighted by molar-refractivity contribution is 0.413. The zero-order valence-electron chi connectivity index (χ0n) is 12.0. The highest BCUT2D eigenvalue weighted by Gasteiger charge is 2.30. The third-order valence-electron chi connectivity index (χ3n) is 3.58. The van der Waals surface area contributed by atoms with Crippen LogP contribution in [0.5, 0.6) is 5.75 Å². The quantitative estimate of drug-likeness (QED) is 0.821. The standard InChI is InChI=1S/C14H22N2O3S/c1-16(10-11-3-4-11)20(17,18)14-6-5-13(19-2)9-12(14)7-8-15/h5-6,9,11H,3-4,7-8,10,15H2,1-2H3. The molecule has 20 heavy (non-hydrogen) atoms. The van der Waals surface area contributed by atoms with Crippen molar-refractivity contribution in [3.05, 3.63) is 23.8 Å². The van der Waals surface area contributed by atoms with Crippen LogP contribution < -0.4 is 10.5 Å². The molecule has 0 heterocycles. The van der Waals surface area contributed by atoms with Crippen molar-refractivity contribution in [2.24, 2.45) is 11.7 Å². The Balaban J connectivity index is 2.33. The van der Waals surface area contributed by atoms with Gasteiger partial charge in [-0.1, -0.05) is 0 Å². The van der Waals surface area contributed by atoms with E-state index in [0.717, 1.165) is 18.4 Å². The summed E-state index contributed by atoms with van der Waals surface area (Å²) in [4.78, 5) is 0.340. The molecule has 1 aromatic rings. The molecule has 1 aromatic carbocycles. The van der Waals surface area contributed by atoms with Crippen LogP contribution in [0.25, 0.3) is 0 Å². The molecule has 1 saturated carbocycles. The maximum absolute atomic E-state index is 12.6. The van der Waals surface area contributed by atoms with Gasteiger partial charge in [-0.05, 0) is 55.5 Å². The molecule has 0 amide bonds. The van der Waals surface area contributed by atoms with Gasteiger partial charge in [0.2, 0.25) is 10.0 Å². The lowest BCUT2D eigenvalue weighted by Gasteiger charge is -2.19. The van der Waals surface area contributed by atoms with E-state index in [1.165, 1.54) is 4.31 Å². The van der Waals surface area contributed by atoms with Crippen molar-refractivity contribution in [2.75, 3.05) is 27.2 Å². The largest absolute Gasteiger partial charge is 0.497 e. The molecule has 6 heteroatoms. The Bertz CT molecular complexity index is 568. The van der Waals surface area contributed by atoms with Crippen molar-refractivity contribution in [3.8, 4) is 5.75 Å². The van der Waals surface area contributed by atoms with Gasteiger partial charge in [0.25, 0.3) is 0 Å². The molecular weight excluding hydrogens is 276 g/mol. The molecule has 0 radical (unpaired) electrons. The van der Waals surface area contributed by atoms with Crippen LogP contribution in [0.1, 0.15) is 18.4 Å². The molecule has 0 aliphatic heterocycles. The number of hydrogen-bond donors (Lipinski definition) is 1. The minimum absolute atomic E-state index is 0.340. The zero-order valence-corrected chi connectivity index (χ0v) is 12.8. The summed E-state index contributed by atoms with van der Waals surface area (Å²) in [5.41, 5.74) is 6.30. The maximum atomic E-state index is 12.6. The molecule has 0 spiro atoms. The molecule has 0 unspecified atom stereocenters. The van der Waals surface area contributed by atoms with Crippen LogP contribution in [0.15, 0.2) is 23.1 Å². The Morgan fingerprint density at radius 3 is 2.65 bits per heavy atom. The van der Waals surface area contributed by atoms with E-state index >= 15 is 0 Å². The number of hydrogen-bond acceptors (Lipinski definition) is 4. The number of nitrogens with two attached hydrogens (primary N) is 1. The van der Waals surface area contributed by atoms with E-state index < -0.39 is 10.0 Å². The van der Waals surface area contributed by atoms with E-state index in [2.05, 4.69) is 0 Å². The van der Waals surface area contributed by atoms with E-state index in [-0.39, 0.29) is 0 Å². The van der Waals surface area contributed by atoms with Crippen LogP contribution in [-0.4, -0.2) is 40.0 Å². The topological polar surface area (TPSA) is 72.6 Å². The van der Waals surface area contributed by atoms with Gasteiger partial charge in [-0.2, -0.15) is 0 Å². The second kappa shape index (κ2) is 6.11. The second-order valence-corrected chi connectivity index (χ2v) is 7.25. The van der Waals surface area contributed by atoms with Gasteiger partial charge in [-0.25, -0.2) is 12.7 Å². The van der Waals surface area contributed by atoms with Crippen LogP contribution in [0, 0.1) is 5.92 Å². The van der Waals surface area contributed by atoms with Gasteiger partial charge in [0.15, 0.2) is 0 Å². The lowest BCUT2D eigenvalue weighted by atomic mass is 10.1. The predicted molar refractivity (Wildman–Crippen MR) is 78.3 cm³/mol.